The molecule has 0 fully saturated rings. The number of nitrogens with zero attached hydrogens (tertiary/aromatic N) is 1. The summed E-state index contributed by atoms with van der Waals surface area (Å²) in [5.74, 6) is -0.958. The molecule has 0 aliphatic rings. The monoisotopic (exact) mass is 447 g/mol. The molecule has 168 valence electrons. The highest BCUT2D eigenvalue weighted by Crippen LogP contribution is 2.20. The maximum Gasteiger partial charge on any atom is 0.322 e. The van der Waals surface area contributed by atoms with E-state index in [9.17, 15) is 18.4 Å². The number of aromatic nitrogens is 1. The summed E-state index contributed by atoms with van der Waals surface area (Å²) in [5, 5.41) is 3.44. The lowest BCUT2D eigenvalue weighted by Crippen LogP contribution is -2.36. The van der Waals surface area contributed by atoms with Crippen LogP contribution < -0.4 is 10.9 Å². The molecule has 2 amide bonds. The fourth-order valence-corrected chi connectivity index (χ4v) is 3.81. The number of H-pyrrole nitrogens is 1. The van der Waals surface area contributed by atoms with Crippen LogP contribution in [0.2, 0.25) is 0 Å². The zero-order chi connectivity index (χ0) is 23.5. The van der Waals surface area contributed by atoms with Crippen LogP contribution in [0, 0.1) is 25.5 Å². The van der Waals surface area contributed by atoms with Gasteiger partial charge in [-0.25, -0.2) is 13.6 Å². The van der Waals surface area contributed by atoms with E-state index in [4.69, 9.17) is 0 Å². The number of hydrogen-bond donors (Lipinski definition) is 2. The summed E-state index contributed by atoms with van der Waals surface area (Å²) < 4.78 is 27.4. The molecular formula is C26H23F2N3O2. The van der Waals surface area contributed by atoms with Gasteiger partial charge in [0.2, 0.25) is 0 Å². The first-order chi connectivity index (χ1) is 15.8. The molecule has 1 aromatic heterocycles. The molecule has 0 radical (unpaired) electrons. The second-order valence-electron chi connectivity index (χ2n) is 8.06. The number of hydrogen-bond acceptors (Lipinski definition) is 2. The maximum atomic E-state index is 14.1. The van der Waals surface area contributed by atoms with Gasteiger partial charge in [0.15, 0.2) is 0 Å². The van der Waals surface area contributed by atoms with Crippen LogP contribution in [0.25, 0.3) is 10.9 Å². The summed E-state index contributed by atoms with van der Waals surface area (Å²) in [4.78, 5) is 30.2. The van der Waals surface area contributed by atoms with E-state index in [1.165, 1.54) is 35.2 Å². The normalized spacial score (nSPS) is 10.9. The fraction of sp³-hybridized carbons (Fsp3) is 0.154. The van der Waals surface area contributed by atoms with Gasteiger partial charge in [0, 0.05) is 23.0 Å². The van der Waals surface area contributed by atoms with Gasteiger partial charge in [0.25, 0.3) is 5.56 Å². The van der Waals surface area contributed by atoms with Crippen molar-refractivity contribution in [3.63, 3.8) is 0 Å². The fourth-order valence-electron chi connectivity index (χ4n) is 3.81. The minimum absolute atomic E-state index is 0.0176. The zero-order valence-electron chi connectivity index (χ0n) is 18.3. The second-order valence-corrected chi connectivity index (χ2v) is 8.06. The molecule has 0 unspecified atom stereocenters. The number of halogens is 2. The van der Waals surface area contributed by atoms with Crippen LogP contribution in [0.3, 0.4) is 0 Å². The number of carbonyl (C=O) groups excluding carboxylic acids is 1. The minimum Gasteiger partial charge on any atom is -0.322 e. The van der Waals surface area contributed by atoms with Crippen molar-refractivity contribution < 1.29 is 13.6 Å². The molecule has 3 aromatic carbocycles. The van der Waals surface area contributed by atoms with Crippen LogP contribution in [0.15, 0.2) is 71.5 Å². The number of benzene rings is 3. The summed E-state index contributed by atoms with van der Waals surface area (Å²) in [6, 6.07) is 16.7. The Balaban J connectivity index is 1.69. The van der Waals surface area contributed by atoms with Crippen LogP contribution in [-0.2, 0) is 13.1 Å². The van der Waals surface area contributed by atoms with Gasteiger partial charge in [0.05, 0.1) is 12.2 Å². The van der Waals surface area contributed by atoms with E-state index in [0.29, 0.717) is 11.1 Å². The molecule has 1 heterocycles. The quantitative estimate of drug-likeness (QED) is 0.415. The number of fused-ring (bicyclic) bond motifs is 1. The third kappa shape index (κ3) is 5.09. The summed E-state index contributed by atoms with van der Waals surface area (Å²) in [7, 11) is 0. The number of para-hydroxylation sites is 1. The largest absolute Gasteiger partial charge is 0.322 e. The number of urea groups is 1. The van der Waals surface area contributed by atoms with Crippen LogP contribution in [-0.4, -0.2) is 15.9 Å². The number of amides is 2. The third-order valence-electron chi connectivity index (χ3n) is 5.44. The number of pyridine rings is 1. The van der Waals surface area contributed by atoms with E-state index >= 15 is 0 Å². The molecule has 4 rings (SSSR count). The molecule has 0 saturated carbocycles. The first-order valence-corrected chi connectivity index (χ1v) is 10.5. The minimum atomic E-state index is -0.579. The molecule has 5 nitrogen and oxygen atoms in total. The van der Waals surface area contributed by atoms with Crippen LogP contribution >= 0.6 is 0 Å². The molecular weight excluding hydrogens is 424 g/mol. The Morgan fingerprint density at radius 2 is 1.70 bits per heavy atom. The number of aryl methyl sites for hydroxylation is 2. The molecule has 0 atom stereocenters. The van der Waals surface area contributed by atoms with Crippen LogP contribution in [0.1, 0.15) is 22.3 Å². The summed E-state index contributed by atoms with van der Waals surface area (Å²) in [6.45, 7) is 4.00. The first-order valence-electron chi connectivity index (χ1n) is 10.5. The van der Waals surface area contributed by atoms with E-state index in [0.717, 1.165) is 22.0 Å². The molecule has 7 heteroatoms. The Labute approximate surface area is 189 Å². The van der Waals surface area contributed by atoms with Gasteiger partial charge >= 0.3 is 6.03 Å². The molecule has 0 bridgehead atoms. The lowest BCUT2D eigenvalue weighted by molar-refractivity contribution is 0.206. The number of anilines is 1. The Kier molecular flexibility index (Phi) is 6.22. The van der Waals surface area contributed by atoms with E-state index in [-0.39, 0.29) is 24.3 Å². The molecule has 4 aromatic rings. The van der Waals surface area contributed by atoms with Crippen molar-refractivity contribution in [2.45, 2.75) is 26.9 Å². The Bertz CT molecular complexity index is 1380. The highest BCUT2D eigenvalue weighted by Gasteiger charge is 2.18. The molecule has 0 saturated heterocycles. The van der Waals surface area contributed by atoms with Crippen LogP contribution in [0.5, 0.6) is 0 Å². The van der Waals surface area contributed by atoms with Crippen molar-refractivity contribution in [3.8, 4) is 0 Å². The predicted octanol–water partition coefficient (Wildman–Crippen LogP) is 5.66. The summed E-state index contributed by atoms with van der Waals surface area (Å²) in [5.41, 5.74) is 3.54. The molecule has 0 aliphatic heterocycles. The van der Waals surface area contributed by atoms with Crippen molar-refractivity contribution in [2.75, 3.05) is 5.32 Å². The average Bonchev–Trinajstić information content (AvgIpc) is 2.77. The van der Waals surface area contributed by atoms with Crippen molar-refractivity contribution >= 4 is 22.6 Å². The number of carbonyl (C=O) groups is 1. The van der Waals surface area contributed by atoms with Gasteiger partial charge in [-0.05, 0) is 66.9 Å². The van der Waals surface area contributed by atoms with Gasteiger partial charge in [0.1, 0.15) is 11.6 Å². The Morgan fingerprint density at radius 1 is 0.970 bits per heavy atom. The predicted molar refractivity (Wildman–Crippen MR) is 125 cm³/mol. The first kappa shape index (κ1) is 22.2. The van der Waals surface area contributed by atoms with Gasteiger partial charge in [-0.15, -0.1) is 0 Å². The number of aromatic amines is 1. The van der Waals surface area contributed by atoms with Crippen molar-refractivity contribution in [1.82, 2.24) is 9.88 Å². The smallest absolute Gasteiger partial charge is 0.322 e. The maximum absolute atomic E-state index is 14.1. The molecule has 33 heavy (non-hydrogen) atoms. The number of rotatable bonds is 5. The Hall–Kier alpha value is -4.00. The summed E-state index contributed by atoms with van der Waals surface area (Å²) >= 11 is 0. The van der Waals surface area contributed by atoms with Gasteiger partial charge in [-0.3, -0.25) is 4.79 Å². The SMILES string of the molecule is Cc1cc(C)c2cc(CN(Cc3ccc(F)cc3)C(=O)Nc3ccccc3F)c(=O)[nH]c2c1. The average molecular weight is 447 g/mol. The van der Waals surface area contributed by atoms with Gasteiger partial charge < -0.3 is 15.2 Å². The van der Waals surface area contributed by atoms with E-state index in [1.54, 1.807) is 24.3 Å². The highest BCUT2D eigenvalue weighted by atomic mass is 19.1. The lowest BCUT2D eigenvalue weighted by Gasteiger charge is -2.23. The van der Waals surface area contributed by atoms with Crippen molar-refractivity contribution in [3.05, 3.63) is 111 Å². The van der Waals surface area contributed by atoms with Gasteiger partial charge in [-0.2, -0.15) is 0 Å². The van der Waals surface area contributed by atoms with Crippen molar-refractivity contribution in [2.24, 2.45) is 0 Å². The molecule has 2 N–H and O–H groups in total. The van der Waals surface area contributed by atoms with Gasteiger partial charge in [-0.1, -0.05) is 30.3 Å². The second kappa shape index (κ2) is 9.24. The third-order valence-corrected chi connectivity index (χ3v) is 5.44. The van der Waals surface area contributed by atoms with Crippen molar-refractivity contribution in [1.29, 1.82) is 0 Å². The van der Waals surface area contributed by atoms with E-state index in [1.807, 2.05) is 26.0 Å². The Morgan fingerprint density at radius 3 is 2.42 bits per heavy atom. The highest BCUT2D eigenvalue weighted by molar-refractivity contribution is 5.89. The standard InChI is InChI=1S/C26H23F2N3O2/c1-16-11-17(2)21-13-19(25(32)29-24(21)12-16)15-31(14-18-7-9-20(27)10-8-18)26(33)30-23-6-4-3-5-22(23)28/h3-13H,14-15H2,1-2H3,(H,29,32)(H,30,33). The summed E-state index contributed by atoms with van der Waals surface area (Å²) in [6.07, 6.45) is 0. The number of nitrogens with one attached hydrogen (secondary N) is 2. The topological polar surface area (TPSA) is 65.2 Å². The van der Waals surface area contributed by atoms with E-state index in [2.05, 4.69) is 10.3 Å². The van der Waals surface area contributed by atoms with Crippen LogP contribution in [0.4, 0.5) is 19.3 Å². The lowest BCUT2D eigenvalue weighted by atomic mass is 10.0. The van der Waals surface area contributed by atoms with E-state index < -0.39 is 17.7 Å². The molecule has 0 aliphatic carbocycles. The zero-order valence-corrected chi connectivity index (χ0v) is 18.3. The molecule has 0 spiro atoms.